The molecule has 0 heterocycles. The molecule has 1 fully saturated rings. The molecule has 0 unspecified atom stereocenters. The van der Waals surface area contributed by atoms with Crippen molar-refractivity contribution in [2.75, 3.05) is 7.11 Å². The molecule has 5 nitrogen and oxygen atoms in total. The van der Waals surface area contributed by atoms with Crippen LogP contribution in [0.1, 0.15) is 55.7 Å². The third-order valence-corrected chi connectivity index (χ3v) is 6.08. The third kappa shape index (κ3) is 6.33. The second kappa shape index (κ2) is 11.0. The molecule has 0 bridgehead atoms. The fourth-order valence-electron chi connectivity index (χ4n) is 4.20. The lowest BCUT2D eigenvalue weighted by atomic mass is 10.1. The fourth-order valence-corrected chi connectivity index (χ4v) is 4.20. The van der Waals surface area contributed by atoms with Crippen LogP contribution in [0.3, 0.4) is 0 Å². The Hall–Kier alpha value is -2.82. The number of nitrogens with one attached hydrogen (secondary N) is 1. The first-order chi connectivity index (χ1) is 15.0. The average Bonchev–Trinajstić information content (AvgIpc) is 3.28. The van der Waals surface area contributed by atoms with Crippen molar-refractivity contribution in [2.24, 2.45) is 0 Å². The van der Waals surface area contributed by atoms with E-state index >= 15 is 0 Å². The van der Waals surface area contributed by atoms with Crippen molar-refractivity contribution in [2.45, 2.75) is 71.0 Å². The van der Waals surface area contributed by atoms with E-state index in [0.717, 1.165) is 48.1 Å². The van der Waals surface area contributed by atoms with Gasteiger partial charge in [-0.1, -0.05) is 61.7 Å². The zero-order valence-corrected chi connectivity index (χ0v) is 18.9. The first-order valence-electron chi connectivity index (χ1n) is 11.3. The van der Waals surface area contributed by atoms with E-state index in [2.05, 4.69) is 5.32 Å². The molecular formula is C26H34N2O3. The number of carbonyl (C=O) groups is 2. The topological polar surface area (TPSA) is 58.6 Å². The van der Waals surface area contributed by atoms with E-state index < -0.39 is 6.04 Å². The second-order valence-corrected chi connectivity index (χ2v) is 8.45. The summed E-state index contributed by atoms with van der Waals surface area (Å²) in [5.74, 6) is 0.695. The normalized spacial score (nSPS) is 14.8. The number of aryl methyl sites for hydroxylation is 1. The fraction of sp³-hybridized carbons (Fsp3) is 0.462. The smallest absolute Gasteiger partial charge is 0.243 e. The average molecular weight is 423 g/mol. The molecule has 0 radical (unpaired) electrons. The Morgan fingerprint density at radius 1 is 1.03 bits per heavy atom. The number of ether oxygens (including phenoxy) is 1. The van der Waals surface area contributed by atoms with Gasteiger partial charge in [0.05, 0.1) is 13.5 Å². The molecule has 2 amide bonds. The van der Waals surface area contributed by atoms with Gasteiger partial charge in [-0.15, -0.1) is 0 Å². The lowest BCUT2D eigenvalue weighted by molar-refractivity contribution is -0.141. The second-order valence-electron chi connectivity index (χ2n) is 8.45. The van der Waals surface area contributed by atoms with Crippen LogP contribution in [-0.4, -0.2) is 35.9 Å². The van der Waals surface area contributed by atoms with Crippen LogP contribution >= 0.6 is 0 Å². The molecule has 166 valence electrons. The number of methoxy groups -OCH3 is 1. The van der Waals surface area contributed by atoms with Gasteiger partial charge in [-0.2, -0.15) is 0 Å². The zero-order chi connectivity index (χ0) is 22.2. The van der Waals surface area contributed by atoms with E-state index in [-0.39, 0.29) is 24.3 Å². The van der Waals surface area contributed by atoms with Crippen LogP contribution in [0.25, 0.3) is 0 Å². The van der Waals surface area contributed by atoms with Gasteiger partial charge in [0.25, 0.3) is 0 Å². The maximum absolute atomic E-state index is 13.4. The summed E-state index contributed by atoms with van der Waals surface area (Å²) in [5.41, 5.74) is 3.10. The van der Waals surface area contributed by atoms with Crippen molar-refractivity contribution in [1.29, 1.82) is 0 Å². The van der Waals surface area contributed by atoms with Crippen LogP contribution < -0.4 is 10.1 Å². The highest BCUT2D eigenvalue weighted by Crippen LogP contribution is 2.20. The maximum atomic E-state index is 13.4. The molecular weight excluding hydrogens is 388 g/mol. The third-order valence-electron chi connectivity index (χ3n) is 6.08. The minimum atomic E-state index is -0.486. The van der Waals surface area contributed by atoms with Crippen molar-refractivity contribution in [3.63, 3.8) is 0 Å². The summed E-state index contributed by atoms with van der Waals surface area (Å²) in [5, 5.41) is 3.19. The molecule has 2 aromatic rings. The van der Waals surface area contributed by atoms with Crippen LogP contribution in [0.15, 0.2) is 48.5 Å². The number of hydrogen-bond donors (Lipinski definition) is 1. The quantitative estimate of drug-likeness (QED) is 0.651. The molecule has 1 atom stereocenters. The summed E-state index contributed by atoms with van der Waals surface area (Å²) in [4.78, 5) is 28.3. The Bertz CT molecular complexity index is 855. The standard InChI is InChI=1S/C26H34N2O3/c1-4-24(26(30)27-22-7-5-6-8-22)28(18-21-13-15-23(31-3)16-14-21)25(29)17-20-11-9-19(2)10-12-20/h9-16,22,24H,4-8,17-18H2,1-3H3,(H,27,30)/t24-/m1/s1. The van der Waals surface area contributed by atoms with Crippen LogP contribution in [0, 0.1) is 6.92 Å². The van der Waals surface area contributed by atoms with Gasteiger partial charge in [0.15, 0.2) is 0 Å². The monoisotopic (exact) mass is 422 g/mol. The Balaban J connectivity index is 1.80. The molecule has 0 aromatic heterocycles. The van der Waals surface area contributed by atoms with E-state index in [1.54, 1.807) is 12.0 Å². The first kappa shape index (κ1) is 22.9. The van der Waals surface area contributed by atoms with E-state index in [1.165, 1.54) is 0 Å². The summed E-state index contributed by atoms with van der Waals surface area (Å²) >= 11 is 0. The largest absolute Gasteiger partial charge is 0.497 e. The highest BCUT2D eigenvalue weighted by molar-refractivity contribution is 5.88. The summed E-state index contributed by atoms with van der Waals surface area (Å²) in [6, 6.07) is 15.4. The minimum Gasteiger partial charge on any atom is -0.497 e. The van der Waals surface area contributed by atoms with Gasteiger partial charge < -0.3 is 15.0 Å². The van der Waals surface area contributed by atoms with Gasteiger partial charge in [-0.3, -0.25) is 9.59 Å². The van der Waals surface area contributed by atoms with Gasteiger partial charge in [-0.25, -0.2) is 0 Å². The molecule has 31 heavy (non-hydrogen) atoms. The number of nitrogens with zero attached hydrogens (tertiary/aromatic N) is 1. The molecule has 1 aliphatic carbocycles. The maximum Gasteiger partial charge on any atom is 0.243 e. The molecule has 2 aromatic carbocycles. The molecule has 1 saturated carbocycles. The van der Waals surface area contributed by atoms with Crippen LogP contribution in [0.2, 0.25) is 0 Å². The van der Waals surface area contributed by atoms with Crippen molar-refractivity contribution in [3.8, 4) is 5.75 Å². The first-order valence-corrected chi connectivity index (χ1v) is 11.3. The number of hydrogen-bond acceptors (Lipinski definition) is 3. The van der Waals surface area contributed by atoms with Crippen molar-refractivity contribution < 1.29 is 14.3 Å². The van der Waals surface area contributed by atoms with Crippen molar-refractivity contribution >= 4 is 11.8 Å². The van der Waals surface area contributed by atoms with Gasteiger partial charge in [0.2, 0.25) is 11.8 Å². The van der Waals surface area contributed by atoms with Crippen molar-refractivity contribution in [1.82, 2.24) is 10.2 Å². The molecule has 0 aliphatic heterocycles. The Morgan fingerprint density at radius 3 is 2.23 bits per heavy atom. The highest BCUT2D eigenvalue weighted by atomic mass is 16.5. The summed E-state index contributed by atoms with van der Waals surface area (Å²) in [6.07, 6.45) is 5.22. The van der Waals surface area contributed by atoms with Gasteiger partial charge >= 0.3 is 0 Å². The lowest BCUT2D eigenvalue weighted by Crippen LogP contribution is -2.51. The SMILES string of the molecule is CC[C@H](C(=O)NC1CCCC1)N(Cc1ccc(OC)cc1)C(=O)Cc1ccc(C)cc1. The number of carbonyl (C=O) groups excluding carboxylic acids is 2. The molecule has 1 aliphatic rings. The Labute approximate surface area is 185 Å². The predicted molar refractivity (Wildman–Crippen MR) is 123 cm³/mol. The minimum absolute atomic E-state index is 0.0342. The molecule has 3 rings (SSSR count). The number of rotatable bonds is 9. The van der Waals surface area contributed by atoms with E-state index in [0.29, 0.717) is 13.0 Å². The molecule has 1 N–H and O–H groups in total. The van der Waals surface area contributed by atoms with E-state index in [4.69, 9.17) is 4.74 Å². The van der Waals surface area contributed by atoms with Crippen molar-refractivity contribution in [3.05, 3.63) is 65.2 Å². The van der Waals surface area contributed by atoms with Crippen LogP contribution in [0.5, 0.6) is 5.75 Å². The Morgan fingerprint density at radius 2 is 1.65 bits per heavy atom. The van der Waals surface area contributed by atoms with Crippen LogP contribution in [0.4, 0.5) is 0 Å². The van der Waals surface area contributed by atoms with Gasteiger partial charge in [-0.05, 0) is 49.4 Å². The Kier molecular flexibility index (Phi) is 8.10. The molecule has 0 spiro atoms. The van der Waals surface area contributed by atoms with Crippen LogP contribution in [-0.2, 0) is 22.6 Å². The highest BCUT2D eigenvalue weighted by Gasteiger charge is 2.30. The summed E-state index contributed by atoms with van der Waals surface area (Å²) in [7, 11) is 1.63. The van der Waals surface area contributed by atoms with Gasteiger partial charge in [0, 0.05) is 12.6 Å². The summed E-state index contributed by atoms with van der Waals surface area (Å²) < 4.78 is 5.25. The number of amides is 2. The van der Waals surface area contributed by atoms with E-state index in [1.807, 2.05) is 62.4 Å². The number of benzene rings is 2. The van der Waals surface area contributed by atoms with E-state index in [9.17, 15) is 9.59 Å². The lowest BCUT2D eigenvalue weighted by Gasteiger charge is -2.31. The molecule has 5 heteroatoms. The molecule has 0 saturated heterocycles. The predicted octanol–water partition coefficient (Wildman–Crippen LogP) is 4.41. The summed E-state index contributed by atoms with van der Waals surface area (Å²) in [6.45, 7) is 4.40. The zero-order valence-electron chi connectivity index (χ0n) is 18.9. The van der Waals surface area contributed by atoms with Gasteiger partial charge in [0.1, 0.15) is 11.8 Å².